The van der Waals surface area contributed by atoms with Crippen LogP contribution in [-0.4, -0.2) is 38.0 Å². The van der Waals surface area contributed by atoms with Gasteiger partial charge in [0, 0.05) is 19.5 Å². The largest absolute Gasteiger partial charge is 0.359 e. The number of nitriles is 1. The molecular formula is C13H25N3O. The smallest absolute Gasteiger partial charge is 0.223 e. The van der Waals surface area contributed by atoms with Crippen molar-refractivity contribution in [1.82, 2.24) is 10.2 Å². The van der Waals surface area contributed by atoms with Crippen LogP contribution in [-0.2, 0) is 4.79 Å². The van der Waals surface area contributed by atoms with Gasteiger partial charge in [-0.3, -0.25) is 4.79 Å². The van der Waals surface area contributed by atoms with Crippen LogP contribution in [0.15, 0.2) is 0 Å². The van der Waals surface area contributed by atoms with Crippen molar-refractivity contribution in [3.8, 4) is 6.07 Å². The first kappa shape index (κ1) is 15.9. The van der Waals surface area contributed by atoms with Gasteiger partial charge in [0.15, 0.2) is 0 Å². The van der Waals surface area contributed by atoms with E-state index in [9.17, 15) is 4.79 Å². The molecule has 1 N–H and O–H groups in total. The van der Waals surface area contributed by atoms with Gasteiger partial charge < -0.3 is 10.2 Å². The number of hydrogen-bond donors (Lipinski definition) is 1. The summed E-state index contributed by atoms with van der Waals surface area (Å²) in [5, 5.41) is 11.5. The third kappa shape index (κ3) is 6.96. The molecule has 0 rings (SSSR count). The Kier molecular flexibility index (Phi) is 6.82. The quantitative estimate of drug-likeness (QED) is 0.734. The molecule has 98 valence electrons. The Labute approximate surface area is 105 Å². The molecule has 0 aliphatic carbocycles. The summed E-state index contributed by atoms with van der Waals surface area (Å²) < 4.78 is 0. The molecular weight excluding hydrogens is 214 g/mol. The maximum absolute atomic E-state index is 11.3. The number of nitrogens with one attached hydrogen (secondary N) is 1. The van der Waals surface area contributed by atoms with Crippen LogP contribution in [0, 0.1) is 22.7 Å². The molecule has 1 atom stereocenters. The van der Waals surface area contributed by atoms with Crippen molar-refractivity contribution >= 4 is 5.91 Å². The van der Waals surface area contributed by atoms with Crippen molar-refractivity contribution in [1.29, 1.82) is 5.26 Å². The van der Waals surface area contributed by atoms with Crippen LogP contribution in [0.4, 0.5) is 0 Å². The van der Waals surface area contributed by atoms with Crippen LogP contribution in [0.1, 0.15) is 33.6 Å². The van der Waals surface area contributed by atoms with Gasteiger partial charge in [-0.15, -0.1) is 0 Å². The second-order valence-electron chi connectivity index (χ2n) is 5.38. The Morgan fingerprint density at radius 2 is 2.12 bits per heavy atom. The van der Waals surface area contributed by atoms with E-state index in [1.807, 2.05) is 27.8 Å². The van der Waals surface area contributed by atoms with Crippen molar-refractivity contribution < 1.29 is 4.79 Å². The minimum Gasteiger partial charge on any atom is -0.359 e. The number of hydrogen-bond acceptors (Lipinski definition) is 3. The summed E-state index contributed by atoms with van der Waals surface area (Å²) in [6.45, 7) is 7.52. The van der Waals surface area contributed by atoms with E-state index < -0.39 is 0 Å². The van der Waals surface area contributed by atoms with Crippen LogP contribution in [0.3, 0.4) is 0 Å². The Hall–Kier alpha value is -1.08. The van der Waals surface area contributed by atoms with Crippen molar-refractivity contribution in [2.24, 2.45) is 11.3 Å². The van der Waals surface area contributed by atoms with Crippen LogP contribution >= 0.6 is 0 Å². The monoisotopic (exact) mass is 239 g/mol. The van der Waals surface area contributed by atoms with Gasteiger partial charge in [-0.25, -0.2) is 0 Å². The van der Waals surface area contributed by atoms with E-state index in [0.717, 1.165) is 25.9 Å². The van der Waals surface area contributed by atoms with Gasteiger partial charge in [-0.2, -0.15) is 5.26 Å². The number of nitrogens with zero attached hydrogens (tertiary/aromatic N) is 2. The average Bonchev–Trinajstić information content (AvgIpc) is 2.27. The molecule has 0 aromatic carbocycles. The Balaban J connectivity index is 3.85. The van der Waals surface area contributed by atoms with Crippen LogP contribution in [0.2, 0.25) is 0 Å². The Morgan fingerprint density at radius 3 is 2.59 bits per heavy atom. The second kappa shape index (κ2) is 7.29. The SMILES string of the molecule is CNC(=O)C(C)CN(C)CCCC(C)(C)C#N. The zero-order valence-corrected chi connectivity index (χ0v) is 11.7. The van der Waals surface area contributed by atoms with Gasteiger partial charge in [0.25, 0.3) is 0 Å². The number of amides is 1. The second-order valence-corrected chi connectivity index (χ2v) is 5.38. The minimum absolute atomic E-state index is 0.00831. The average molecular weight is 239 g/mol. The van der Waals surface area contributed by atoms with Gasteiger partial charge in [0.05, 0.1) is 11.5 Å². The van der Waals surface area contributed by atoms with E-state index >= 15 is 0 Å². The Bertz CT molecular complexity index is 281. The van der Waals surface area contributed by atoms with E-state index in [4.69, 9.17) is 5.26 Å². The van der Waals surface area contributed by atoms with E-state index in [-0.39, 0.29) is 17.2 Å². The number of carbonyl (C=O) groups excluding carboxylic acids is 1. The topological polar surface area (TPSA) is 56.1 Å². The van der Waals surface area contributed by atoms with Gasteiger partial charge in [0.1, 0.15) is 0 Å². The van der Waals surface area contributed by atoms with E-state index in [2.05, 4.69) is 16.3 Å². The highest BCUT2D eigenvalue weighted by Crippen LogP contribution is 2.20. The standard InChI is InChI=1S/C13H25N3O/c1-11(12(17)15-4)9-16(5)8-6-7-13(2,3)10-14/h11H,6-9H2,1-5H3,(H,15,17). The van der Waals surface area contributed by atoms with Crippen molar-refractivity contribution in [2.45, 2.75) is 33.6 Å². The van der Waals surface area contributed by atoms with Crippen LogP contribution in [0.5, 0.6) is 0 Å². The van der Waals surface area contributed by atoms with Crippen molar-refractivity contribution in [3.63, 3.8) is 0 Å². The third-order valence-electron chi connectivity index (χ3n) is 2.92. The summed E-state index contributed by atoms with van der Waals surface area (Å²) in [5.41, 5.74) is -0.243. The van der Waals surface area contributed by atoms with Crippen LogP contribution in [0.25, 0.3) is 0 Å². The molecule has 1 unspecified atom stereocenters. The molecule has 0 aliphatic rings. The van der Waals surface area contributed by atoms with Gasteiger partial charge in [-0.1, -0.05) is 6.92 Å². The zero-order chi connectivity index (χ0) is 13.5. The highest BCUT2D eigenvalue weighted by atomic mass is 16.1. The summed E-state index contributed by atoms with van der Waals surface area (Å²) >= 11 is 0. The lowest BCUT2D eigenvalue weighted by Gasteiger charge is -2.22. The highest BCUT2D eigenvalue weighted by Gasteiger charge is 2.17. The Morgan fingerprint density at radius 1 is 1.53 bits per heavy atom. The van der Waals surface area contributed by atoms with E-state index in [1.165, 1.54) is 0 Å². The maximum atomic E-state index is 11.3. The lowest BCUT2D eigenvalue weighted by Crippen LogP contribution is -2.35. The normalized spacial score (nSPS) is 13.2. The lowest BCUT2D eigenvalue weighted by atomic mass is 9.90. The molecule has 0 aromatic rings. The predicted octanol–water partition coefficient (Wildman–Crippen LogP) is 1.63. The fourth-order valence-electron chi connectivity index (χ4n) is 1.73. The molecule has 0 bridgehead atoms. The molecule has 0 saturated carbocycles. The van der Waals surface area contributed by atoms with Gasteiger partial charge in [0.2, 0.25) is 5.91 Å². The fraction of sp³-hybridized carbons (Fsp3) is 0.846. The molecule has 0 radical (unpaired) electrons. The molecule has 4 heteroatoms. The first-order valence-electron chi connectivity index (χ1n) is 6.14. The molecule has 0 fully saturated rings. The first-order chi connectivity index (χ1) is 7.82. The van der Waals surface area contributed by atoms with Crippen molar-refractivity contribution in [3.05, 3.63) is 0 Å². The molecule has 0 heterocycles. The summed E-state index contributed by atoms with van der Waals surface area (Å²) in [6, 6.07) is 2.30. The summed E-state index contributed by atoms with van der Waals surface area (Å²) in [7, 11) is 3.67. The molecule has 17 heavy (non-hydrogen) atoms. The zero-order valence-electron chi connectivity index (χ0n) is 11.7. The summed E-state index contributed by atoms with van der Waals surface area (Å²) in [6.07, 6.45) is 1.87. The predicted molar refractivity (Wildman–Crippen MR) is 69.4 cm³/mol. The molecule has 0 spiro atoms. The third-order valence-corrected chi connectivity index (χ3v) is 2.92. The first-order valence-corrected chi connectivity index (χ1v) is 6.14. The van der Waals surface area contributed by atoms with Gasteiger partial charge >= 0.3 is 0 Å². The molecule has 0 aliphatic heterocycles. The fourth-order valence-corrected chi connectivity index (χ4v) is 1.73. The van der Waals surface area contributed by atoms with E-state index in [1.54, 1.807) is 7.05 Å². The van der Waals surface area contributed by atoms with Gasteiger partial charge in [-0.05, 0) is 40.3 Å². The molecule has 1 amide bonds. The van der Waals surface area contributed by atoms with Crippen molar-refractivity contribution in [2.75, 3.05) is 27.2 Å². The minimum atomic E-state index is -0.243. The molecule has 0 saturated heterocycles. The lowest BCUT2D eigenvalue weighted by molar-refractivity contribution is -0.124. The van der Waals surface area contributed by atoms with Crippen LogP contribution < -0.4 is 5.32 Å². The summed E-state index contributed by atoms with van der Waals surface area (Å²) in [5.74, 6) is 0.0863. The highest BCUT2D eigenvalue weighted by molar-refractivity contribution is 5.78. The van der Waals surface area contributed by atoms with E-state index in [0.29, 0.717) is 0 Å². The maximum Gasteiger partial charge on any atom is 0.223 e. The molecule has 4 nitrogen and oxygen atoms in total. The molecule has 0 aromatic heterocycles. The summed E-state index contributed by atoms with van der Waals surface area (Å²) in [4.78, 5) is 13.5. The number of rotatable bonds is 7. The number of carbonyl (C=O) groups is 1.